The summed E-state index contributed by atoms with van der Waals surface area (Å²) in [6.07, 6.45) is 4.48. The molecule has 2 rings (SSSR count). The zero-order chi connectivity index (χ0) is 13.0. The van der Waals surface area contributed by atoms with Crippen LogP contribution in [0.3, 0.4) is 0 Å². The zero-order valence-corrected chi connectivity index (χ0v) is 11.9. The van der Waals surface area contributed by atoms with E-state index in [1.807, 2.05) is 12.1 Å². The van der Waals surface area contributed by atoms with E-state index < -0.39 is 0 Å². The van der Waals surface area contributed by atoms with E-state index in [0.717, 1.165) is 23.6 Å². The van der Waals surface area contributed by atoms with Crippen molar-refractivity contribution >= 4 is 22.5 Å². The fraction of sp³-hybridized carbons (Fsp3) is 0.467. The van der Waals surface area contributed by atoms with Gasteiger partial charge in [0.2, 0.25) is 0 Å². The standard InChI is InChI=1S/C15H21ClN2/c1-3-13(4-2)17-9-11-18-10-8-12-6-5-7-14(16)15(12)18/h5-8,10,13,17H,3-4,9,11H2,1-2H3. The summed E-state index contributed by atoms with van der Waals surface area (Å²) < 4.78 is 2.23. The summed E-state index contributed by atoms with van der Waals surface area (Å²) in [5.74, 6) is 0. The minimum Gasteiger partial charge on any atom is -0.345 e. The number of fused-ring (bicyclic) bond motifs is 1. The molecule has 0 saturated carbocycles. The number of benzene rings is 1. The third kappa shape index (κ3) is 2.88. The first kappa shape index (κ1) is 13.4. The molecule has 0 unspecified atom stereocenters. The molecule has 1 aromatic carbocycles. The molecule has 0 spiro atoms. The molecule has 0 aliphatic rings. The molecule has 98 valence electrons. The Hall–Kier alpha value is -0.990. The number of rotatable bonds is 6. The lowest BCUT2D eigenvalue weighted by atomic mass is 10.2. The molecular weight excluding hydrogens is 244 g/mol. The first-order valence-electron chi connectivity index (χ1n) is 6.73. The van der Waals surface area contributed by atoms with Gasteiger partial charge in [-0.3, -0.25) is 0 Å². The molecule has 2 aromatic rings. The highest BCUT2D eigenvalue weighted by atomic mass is 35.5. The maximum atomic E-state index is 6.26. The van der Waals surface area contributed by atoms with Gasteiger partial charge in [-0.1, -0.05) is 37.6 Å². The van der Waals surface area contributed by atoms with E-state index in [-0.39, 0.29) is 0 Å². The van der Waals surface area contributed by atoms with E-state index in [0.29, 0.717) is 6.04 Å². The molecule has 0 atom stereocenters. The second-order valence-electron chi connectivity index (χ2n) is 4.65. The second kappa shape index (κ2) is 6.26. The molecule has 0 saturated heterocycles. The lowest BCUT2D eigenvalue weighted by Gasteiger charge is -2.15. The van der Waals surface area contributed by atoms with E-state index in [4.69, 9.17) is 11.6 Å². The van der Waals surface area contributed by atoms with Crippen molar-refractivity contribution in [2.75, 3.05) is 6.54 Å². The molecular formula is C15H21ClN2. The van der Waals surface area contributed by atoms with Gasteiger partial charge in [-0.05, 0) is 25.0 Å². The van der Waals surface area contributed by atoms with Crippen LogP contribution in [0, 0.1) is 0 Å². The lowest BCUT2D eigenvalue weighted by Crippen LogP contribution is -2.30. The zero-order valence-electron chi connectivity index (χ0n) is 11.1. The maximum Gasteiger partial charge on any atom is 0.0670 e. The van der Waals surface area contributed by atoms with E-state index in [1.165, 1.54) is 18.2 Å². The Morgan fingerprint density at radius 3 is 2.72 bits per heavy atom. The number of nitrogens with zero attached hydrogens (tertiary/aromatic N) is 1. The van der Waals surface area contributed by atoms with Gasteiger partial charge in [0.05, 0.1) is 10.5 Å². The second-order valence-corrected chi connectivity index (χ2v) is 5.06. The monoisotopic (exact) mass is 264 g/mol. The molecule has 0 aliphatic carbocycles. The van der Waals surface area contributed by atoms with E-state index in [9.17, 15) is 0 Å². The average Bonchev–Trinajstić information content (AvgIpc) is 2.79. The van der Waals surface area contributed by atoms with E-state index in [1.54, 1.807) is 0 Å². The third-order valence-electron chi connectivity index (χ3n) is 3.51. The van der Waals surface area contributed by atoms with Gasteiger partial charge in [0.1, 0.15) is 0 Å². The Balaban J connectivity index is 2.04. The highest BCUT2D eigenvalue weighted by Crippen LogP contribution is 2.24. The molecule has 0 amide bonds. The van der Waals surface area contributed by atoms with Crippen LogP contribution >= 0.6 is 11.6 Å². The highest BCUT2D eigenvalue weighted by Gasteiger charge is 2.05. The Kier molecular flexibility index (Phi) is 4.67. The van der Waals surface area contributed by atoms with Crippen molar-refractivity contribution in [1.29, 1.82) is 0 Å². The van der Waals surface area contributed by atoms with Gasteiger partial charge in [0.25, 0.3) is 0 Å². The normalized spacial score (nSPS) is 11.6. The fourth-order valence-electron chi connectivity index (χ4n) is 2.37. The molecule has 18 heavy (non-hydrogen) atoms. The Labute approximate surface area is 114 Å². The summed E-state index contributed by atoms with van der Waals surface area (Å²) in [7, 11) is 0. The number of hydrogen-bond acceptors (Lipinski definition) is 1. The quantitative estimate of drug-likeness (QED) is 0.832. The SMILES string of the molecule is CCC(CC)NCCn1ccc2cccc(Cl)c21. The predicted molar refractivity (Wildman–Crippen MR) is 79.3 cm³/mol. The fourth-order valence-corrected chi connectivity index (χ4v) is 2.66. The van der Waals surface area contributed by atoms with Crippen molar-refractivity contribution in [3.63, 3.8) is 0 Å². The Morgan fingerprint density at radius 1 is 1.22 bits per heavy atom. The molecule has 0 aliphatic heterocycles. The topological polar surface area (TPSA) is 17.0 Å². The average molecular weight is 265 g/mol. The lowest BCUT2D eigenvalue weighted by molar-refractivity contribution is 0.468. The third-order valence-corrected chi connectivity index (χ3v) is 3.82. The van der Waals surface area contributed by atoms with Crippen molar-refractivity contribution in [2.45, 2.75) is 39.3 Å². The van der Waals surface area contributed by atoms with Crippen LogP contribution in [0.5, 0.6) is 0 Å². The maximum absolute atomic E-state index is 6.26. The minimum absolute atomic E-state index is 0.627. The van der Waals surface area contributed by atoms with Gasteiger partial charge >= 0.3 is 0 Å². The summed E-state index contributed by atoms with van der Waals surface area (Å²) >= 11 is 6.26. The van der Waals surface area contributed by atoms with Crippen LogP contribution in [0.2, 0.25) is 5.02 Å². The van der Waals surface area contributed by atoms with Crippen LogP contribution in [0.1, 0.15) is 26.7 Å². The smallest absolute Gasteiger partial charge is 0.0670 e. The van der Waals surface area contributed by atoms with Gasteiger partial charge in [0, 0.05) is 30.7 Å². The van der Waals surface area contributed by atoms with Crippen LogP contribution in [-0.4, -0.2) is 17.2 Å². The Bertz CT molecular complexity index is 500. The van der Waals surface area contributed by atoms with Gasteiger partial charge < -0.3 is 9.88 Å². The van der Waals surface area contributed by atoms with Crippen molar-refractivity contribution in [3.8, 4) is 0 Å². The number of aromatic nitrogens is 1. The van der Waals surface area contributed by atoms with Crippen LogP contribution in [-0.2, 0) is 6.54 Å². The predicted octanol–water partition coefficient (Wildman–Crippen LogP) is 4.07. The summed E-state index contributed by atoms with van der Waals surface area (Å²) in [5.41, 5.74) is 1.14. The van der Waals surface area contributed by atoms with Gasteiger partial charge in [-0.25, -0.2) is 0 Å². The summed E-state index contributed by atoms with van der Waals surface area (Å²) in [6, 6.07) is 8.80. The molecule has 3 heteroatoms. The molecule has 0 bridgehead atoms. The number of halogens is 1. The first-order valence-corrected chi connectivity index (χ1v) is 7.10. The highest BCUT2D eigenvalue weighted by molar-refractivity contribution is 6.35. The molecule has 0 fully saturated rings. The van der Waals surface area contributed by atoms with Gasteiger partial charge in [-0.2, -0.15) is 0 Å². The van der Waals surface area contributed by atoms with Crippen molar-refractivity contribution in [3.05, 3.63) is 35.5 Å². The van der Waals surface area contributed by atoms with Crippen molar-refractivity contribution in [2.24, 2.45) is 0 Å². The van der Waals surface area contributed by atoms with Crippen LogP contribution < -0.4 is 5.32 Å². The van der Waals surface area contributed by atoms with Gasteiger partial charge in [-0.15, -0.1) is 0 Å². The molecule has 1 aromatic heterocycles. The summed E-state index contributed by atoms with van der Waals surface area (Å²) in [5, 5.41) is 5.62. The van der Waals surface area contributed by atoms with E-state index >= 15 is 0 Å². The molecule has 1 heterocycles. The minimum atomic E-state index is 0.627. The first-order chi connectivity index (χ1) is 8.76. The summed E-state index contributed by atoms with van der Waals surface area (Å²) in [6.45, 7) is 6.40. The number of nitrogens with one attached hydrogen (secondary N) is 1. The largest absolute Gasteiger partial charge is 0.345 e. The number of hydrogen-bond donors (Lipinski definition) is 1. The Morgan fingerprint density at radius 2 is 2.00 bits per heavy atom. The van der Waals surface area contributed by atoms with Gasteiger partial charge in [0.15, 0.2) is 0 Å². The number of para-hydroxylation sites is 1. The molecule has 2 nitrogen and oxygen atoms in total. The molecule has 1 N–H and O–H groups in total. The van der Waals surface area contributed by atoms with Crippen LogP contribution in [0.4, 0.5) is 0 Å². The summed E-state index contributed by atoms with van der Waals surface area (Å²) in [4.78, 5) is 0. The van der Waals surface area contributed by atoms with Crippen molar-refractivity contribution < 1.29 is 0 Å². The molecule has 0 radical (unpaired) electrons. The van der Waals surface area contributed by atoms with Crippen molar-refractivity contribution in [1.82, 2.24) is 9.88 Å². The van der Waals surface area contributed by atoms with Crippen LogP contribution in [0.15, 0.2) is 30.5 Å². The van der Waals surface area contributed by atoms with E-state index in [2.05, 4.69) is 42.1 Å². The van der Waals surface area contributed by atoms with Crippen LogP contribution in [0.25, 0.3) is 10.9 Å².